The number of benzene rings is 2. The number of anilines is 1. The van der Waals surface area contributed by atoms with Crippen molar-refractivity contribution in [2.75, 3.05) is 5.32 Å². The summed E-state index contributed by atoms with van der Waals surface area (Å²) >= 11 is 0. The van der Waals surface area contributed by atoms with Crippen LogP contribution < -0.4 is 5.32 Å². The van der Waals surface area contributed by atoms with Gasteiger partial charge >= 0.3 is 0 Å². The zero-order valence-corrected chi connectivity index (χ0v) is 9.49. The number of halogens is 2. The lowest BCUT2D eigenvalue weighted by Crippen LogP contribution is -2.15. The molecule has 2 aromatic rings. The molecule has 18 heavy (non-hydrogen) atoms. The van der Waals surface area contributed by atoms with Gasteiger partial charge in [-0.2, -0.15) is 0 Å². The highest BCUT2D eigenvalue weighted by molar-refractivity contribution is 5.92. The van der Waals surface area contributed by atoms with Crippen LogP contribution in [0.3, 0.4) is 0 Å². The zero-order valence-electron chi connectivity index (χ0n) is 9.49. The summed E-state index contributed by atoms with van der Waals surface area (Å²) in [5, 5.41) is 2.41. The van der Waals surface area contributed by atoms with Crippen molar-refractivity contribution in [3.63, 3.8) is 0 Å². The monoisotopic (exact) mass is 247 g/mol. The minimum Gasteiger partial charge on any atom is -0.323 e. The van der Waals surface area contributed by atoms with Crippen molar-refractivity contribution >= 4 is 11.6 Å². The van der Waals surface area contributed by atoms with E-state index in [-0.39, 0.29) is 18.0 Å². The molecule has 0 spiro atoms. The van der Waals surface area contributed by atoms with Crippen molar-refractivity contribution in [2.24, 2.45) is 0 Å². The molecule has 92 valence electrons. The van der Waals surface area contributed by atoms with Gasteiger partial charge in [-0.1, -0.05) is 30.3 Å². The quantitative estimate of drug-likeness (QED) is 0.886. The SMILES string of the molecule is O=C(Cc1ccccc1)Nc1ccc(F)cc1F. The van der Waals surface area contributed by atoms with Crippen LogP contribution >= 0.6 is 0 Å². The Balaban J connectivity index is 2.03. The number of carbonyl (C=O) groups excluding carboxylic acids is 1. The molecule has 0 aliphatic rings. The first-order chi connectivity index (χ1) is 8.65. The van der Waals surface area contributed by atoms with Gasteiger partial charge in [0.15, 0.2) is 0 Å². The molecule has 0 aliphatic heterocycles. The fraction of sp³-hybridized carbons (Fsp3) is 0.0714. The summed E-state index contributed by atoms with van der Waals surface area (Å²) in [4.78, 5) is 11.6. The molecule has 1 amide bonds. The average Bonchev–Trinajstić information content (AvgIpc) is 2.34. The van der Waals surface area contributed by atoms with Gasteiger partial charge in [0.1, 0.15) is 11.6 Å². The Morgan fingerprint density at radius 2 is 1.78 bits per heavy atom. The smallest absolute Gasteiger partial charge is 0.228 e. The lowest BCUT2D eigenvalue weighted by Gasteiger charge is -2.06. The first-order valence-corrected chi connectivity index (χ1v) is 5.44. The van der Waals surface area contributed by atoms with E-state index in [0.29, 0.717) is 0 Å². The largest absolute Gasteiger partial charge is 0.323 e. The number of hydrogen-bond donors (Lipinski definition) is 1. The van der Waals surface area contributed by atoms with E-state index in [2.05, 4.69) is 5.32 Å². The predicted octanol–water partition coefficient (Wildman–Crippen LogP) is 3.15. The fourth-order valence-electron chi connectivity index (χ4n) is 1.57. The van der Waals surface area contributed by atoms with E-state index in [9.17, 15) is 13.6 Å². The lowest BCUT2D eigenvalue weighted by atomic mass is 10.1. The van der Waals surface area contributed by atoms with E-state index in [1.807, 2.05) is 18.2 Å². The summed E-state index contributed by atoms with van der Waals surface area (Å²) in [5.74, 6) is -1.79. The molecule has 0 atom stereocenters. The highest BCUT2D eigenvalue weighted by Gasteiger charge is 2.08. The molecule has 2 rings (SSSR count). The second-order valence-electron chi connectivity index (χ2n) is 3.83. The maximum absolute atomic E-state index is 13.3. The van der Waals surface area contributed by atoms with Gasteiger partial charge in [-0.25, -0.2) is 8.78 Å². The van der Waals surface area contributed by atoms with Gasteiger partial charge in [0.05, 0.1) is 12.1 Å². The second-order valence-corrected chi connectivity index (χ2v) is 3.83. The van der Waals surface area contributed by atoms with Gasteiger partial charge in [-0.3, -0.25) is 4.79 Å². The summed E-state index contributed by atoms with van der Waals surface area (Å²) in [6.45, 7) is 0. The van der Waals surface area contributed by atoms with Crippen LogP contribution in [-0.4, -0.2) is 5.91 Å². The molecule has 2 nitrogen and oxygen atoms in total. The number of amides is 1. The van der Waals surface area contributed by atoms with Crippen molar-refractivity contribution in [1.29, 1.82) is 0 Å². The van der Waals surface area contributed by atoms with E-state index >= 15 is 0 Å². The summed E-state index contributed by atoms with van der Waals surface area (Å²) < 4.78 is 26.0. The highest BCUT2D eigenvalue weighted by Crippen LogP contribution is 2.15. The third-order valence-electron chi connectivity index (χ3n) is 2.41. The van der Waals surface area contributed by atoms with Crippen LogP contribution in [0, 0.1) is 11.6 Å². The third kappa shape index (κ3) is 3.13. The van der Waals surface area contributed by atoms with Gasteiger partial charge in [-0.15, -0.1) is 0 Å². The Bertz CT molecular complexity index is 555. The Morgan fingerprint density at radius 1 is 1.06 bits per heavy atom. The van der Waals surface area contributed by atoms with Crippen molar-refractivity contribution in [3.8, 4) is 0 Å². The zero-order chi connectivity index (χ0) is 13.0. The molecular weight excluding hydrogens is 236 g/mol. The third-order valence-corrected chi connectivity index (χ3v) is 2.41. The number of rotatable bonds is 3. The molecule has 0 saturated carbocycles. The van der Waals surface area contributed by atoms with E-state index in [1.165, 1.54) is 6.07 Å². The average molecular weight is 247 g/mol. The van der Waals surface area contributed by atoms with E-state index < -0.39 is 11.6 Å². The minimum atomic E-state index is -0.781. The lowest BCUT2D eigenvalue weighted by molar-refractivity contribution is -0.115. The second kappa shape index (κ2) is 5.40. The van der Waals surface area contributed by atoms with E-state index in [1.54, 1.807) is 12.1 Å². The normalized spacial score (nSPS) is 10.1. The molecule has 0 radical (unpaired) electrons. The molecular formula is C14H11F2NO. The fourth-order valence-corrected chi connectivity index (χ4v) is 1.57. The molecule has 0 fully saturated rings. The van der Waals surface area contributed by atoms with Crippen LogP contribution in [0.2, 0.25) is 0 Å². The van der Waals surface area contributed by atoms with Crippen LogP contribution in [-0.2, 0) is 11.2 Å². The Hall–Kier alpha value is -2.23. The van der Waals surface area contributed by atoms with Crippen molar-refractivity contribution in [1.82, 2.24) is 0 Å². The molecule has 0 bridgehead atoms. The predicted molar refractivity (Wildman–Crippen MR) is 65.1 cm³/mol. The van der Waals surface area contributed by atoms with E-state index in [4.69, 9.17) is 0 Å². The van der Waals surface area contributed by atoms with Crippen LogP contribution in [0.1, 0.15) is 5.56 Å². The van der Waals surface area contributed by atoms with Gasteiger partial charge in [0.25, 0.3) is 0 Å². The molecule has 4 heteroatoms. The van der Waals surface area contributed by atoms with Crippen molar-refractivity contribution < 1.29 is 13.6 Å². The molecule has 0 aromatic heterocycles. The molecule has 0 aliphatic carbocycles. The first-order valence-electron chi connectivity index (χ1n) is 5.44. The van der Waals surface area contributed by atoms with Crippen molar-refractivity contribution in [3.05, 3.63) is 65.7 Å². The van der Waals surface area contributed by atoms with Gasteiger partial charge in [0, 0.05) is 6.07 Å². The van der Waals surface area contributed by atoms with Crippen LogP contribution in [0.5, 0.6) is 0 Å². The van der Waals surface area contributed by atoms with Gasteiger partial charge < -0.3 is 5.32 Å². The Labute approximate surface area is 103 Å². The highest BCUT2D eigenvalue weighted by atomic mass is 19.1. The van der Waals surface area contributed by atoms with E-state index in [0.717, 1.165) is 17.7 Å². The van der Waals surface area contributed by atoms with Crippen molar-refractivity contribution in [2.45, 2.75) is 6.42 Å². The maximum atomic E-state index is 13.3. The standard InChI is InChI=1S/C14H11F2NO/c15-11-6-7-13(12(16)9-11)17-14(18)8-10-4-2-1-3-5-10/h1-7,9H,8H2,(H,17,18). The van der Waals surface area contributed by atoms with Crippen LogP contribution in [0.15, 0.2) is 48.5 Å². The number of hydrogen-bond acceptors (Lipinski definition) is 1. The number of nitrogens with one attached hydrogen (secondary N) is 1. The Kier molecular flexibility index (Phi) is 3.67. The van der Waals surface area contributed by atoms with Crippen LogP contribution in [0.25, 0.3) is 0 Å². The molecule has 0 saturated heterocycles. The molecule has 2 aromatic carbocycles. The number of carbonyl (C=O) groups is 1. The summed E-state index contributed by atoms with van der Waals surface area (Å²) in [5.41, 5.74) is 0.815. The minimum absolute atomic E-state index is 0.0164. The van der Waals surface area contributed by atoms with Crippen LogP contribution in [0.4, 0.5) is 14.5 Å². The Morgan fingerprint density at radius 3 is 2.44 bits per heavy atom. The summed E-state index contributed by atoms with van der Waals surface area (Å²) in [6, 6.07) is 12.1. The van der Waals surface area contributed by atoms with Gasteiger partial charge in [-0.05, 0) is 17.7 Å². The summed E-state index contributed by atoms with van der Waals surface area (Å²) in [6.07, 6.45) is 0.150. The maximum Gasteiger partial charge on any atom is 0.228 e. The topological polar surface area (TPSA) is 29.1 Å². The summed E-state index contributed by atoms with van der Waals surface area (Å²) in [7, 11) is 0. The molecule has 0 unspecified atom stereocenters. The van der Waals surface area contributed by atoms with Gasteiger partial charge in [0.2, 0.25) is 5.91 Å². The molecule has 0 heterocycles. The molecule has 1 N–H and O–H groups in total. The first kappa shape index (κ1) is 12.2.